The van der Waals surface area contributed by atoms with Gasteiger partial charge in [-0.2, -0.15) is 0 Å². The number of aliphatic hydroxyl groups excluding tert-OH is 1. The number of para-hydroxylation sites is 2. The van der Waals surface area contributed by atoms with Gasteiger partial charge in [0, 0.05) is 31.4 Å². The third kappa shape index (κ3) is 5.70. The number of aromatic nitrogens is 2. The number of anilines is 1. The van der Waals surface area contributed by atoms with Gasteiger partial charge in [-0.25, -0.2) is 13.2 Å². The second-order valence-corrected chi connectivity index (χ2v) is 11.2. The zero-order chi connectivity index (χ0) is 25.9. The molecule has 0 saturated carbocycles. The van der Waals surface area contributed by atoms with Crippen molar-refractivity contribution in [2.75, 3.05) is 11.3 Å². The minimum absolute atomic E-state index is 0.0463. The Morgan fingerprint density at radius 3 is 2.19 bits per heavy atom. The molecule has 0 spiro atoms. The lowest BCUT2D eigenvalue weighted by Crippen LogP contribution is -2.43. The van der Waals surface area contributed by atoms with Gasteiger partial charge in [-0.3, -0.25) is 13.9 Å². The number of nitrogens with one attached hydrogen (secondary N) is 2. The number of fused-ring (bicyclic) bond motifs is 1. The van der Waals surface area contributed by atoms with Gasteiger partial charge in [0.1, 0.15) is 0 Å². The average molecular weight is 509 g/mol. The van der Waals surface area contributed by atoms with E-state index in [0.29, 0.717) is 30.8 Å². The van der Waals surface area contributed by atoms with E-state index in [-0.39, 0.29) is 16.1 Å². The first kappa shape index (κ1) is 25.7. The van der Waals surface area contributed by atoms with Gasteiger partial charge in [-0.15, -0.1) is 0 Å². The summed E-state index contributed by atoms with van der Waals surface area (Å²) in [7, 11) is -1.89. The summed E-state index contributed by atoms with van der Waals surface area (Å²) >= 11 is 0. The molecule has 0 radical (unpaired) electrons. The zero-order valence-corrected chi connectivity index (χ0v) is 21.5. The van der Waals surface area contributed by atoms with Crippen molar-refractivity contribution in [2.45, 2.75) is 43.4 Å². The van der Waals surface area contributed by atoms with E-state index >= 15 is 0 Å². The lowest BCUT2D eigenvalue weighted by molar-refractivity contribution is 0.158. The van der Waals surface area contributed by atoms with Gasteiger partial charge < -0.3 is 10.4 Å². The fraction of sp³-hybridized carbons (Fsp3) is 0.296. The molecular weight excluding hydrogens is 476 g/mol. The Labute approximate surface area is 211 Å². The Morgan fingerprint density at radius 1 is 0.917 bits per heavy atom. The number of hydrogen-bond donors (Lipinski definition) is 3. The summed E-state index contributed by atoms with van der Waals surface area (Å²) in [6, 6.07) is 22.6. The highest BCUT2D eigenvalue weighted by Gasteiger charge is 2.21. The summed E-state index contributed by atoms with van der Waals surface area (Å²) in [6.45, 7) is 4.94. The minimum atomic E-state index is -3.67. The van der Waals surface area contributed by atoms with Crippen LogP contribution in [0.25, 0.3) is 11.0 Å². The minimum Gasteiger partial charge on any atom is -0.387 e. The van der Waals surface area contributed by atoms with Crippen molar-refractivity contribution < 1.29 is 13.5 Å². The largest absolute Gasteiger partial charge is 0.387 e. The van der Waals surface area contributed by atoms with E-state index in [1.807, 2.05) is 38.1 Å². The van der Waals surface area contributed by atoms with E-state index in [0.717, 1.165) is 11.0 Å². The predicted molar refractivity (Wildman–Crippen MR) is 143 cm³/mol. The molecule has 1 heterocycles. The van der Waals surface area contributed by atoms with Crippen molar-refractivity contribution in [1.82, 2.24) is 14.5 Å². The van der Waals surface area contributed by atoms with Crippen LogP contribution in [-0.4, -0.2) is 34.7 Å². The summed E-state index contributed by atoms with van der Waals surface area (Å²) in [5, 5.41) is 14.1. The van der Waals surface area contributed by atoms with E-state index in [1.54, 1.807) is 58.6 Å². The van der Waals surface area contributed by atoms with Crippen molar-refractivity contribution in [2.24, 2.45) is 7.05 Å². The van der Waals surface area contributed by atoms with E-state index in [1.165, 1.54) is 12.1 Å². The SMILES string of the molecule is Cn1c(=O)n(CCC(C)(C)NCC(O)c2ccc(NS(=O)(=O)c3ccccc3)cc2)c2ccccc21. The van der Waals surface area contributed by atoms with E-state index < -0.39 is 16.1 Å². The van der Waals surface area contributed by atoms with Crippen LogP contribution in [0.3, 0.4) is 0 Å². The van der Waals surface area contributed by atoms with Crippen molar-refractivity contribution in [1.29, 1.82) is 0 Å². The maximum atomic E-state index is 12.7. The van der Waals surface area contributed by atoms with Crippen molar-refractivity contribution >= 4 is 26.7 Å². The monoisotopic (exact) mass is 508 g/mol. The number of aryl methyl sites for hydroxylation is 2. The van der Waals surface area contributed by atoms with Crippen molar-refractivity contribution in [3.05, 3.63) is 94.9 Å². The first-order chi connectivity index (χ1) is 17.1. The molecule has 8 nitrogen and oxygen atoms in total. The molecule has 1 unspecified atom stereocenters. The van der Waals surface area contributed by atoms with Crippen LogP contribution in [0.5, 0.6) is 0 Å². The molecule has 1 aromatic heterocycles. The third-order valence-corrected chi connectivity index (χ3v) is 7.78. The Bertz CT molecular complexity index is 1490. The molecule has 9 heteroatoms. The number of sulfonamides is 1. The molecule has 36 heavy (non-hydrogen) atoms. The molecule has 3 N–H and O–H groups in total. The molecule has 0 amide bonds. The fourth-order valence-corrected chi connectivity index (χ4v) is 5.22. The first-order valence-corrected chi connectivity index (χ1v) is 13.3. The van der Waals surface area contributed by atoms with Crippen LogP contribution in [0.2, 0.25) is 0 Å². The Balaban J connectivity index is 1.34. The number of hydrogen-bond acceptors (Lipinski definition) is 5. The van der Waals surface area contributed by atoms with Crippen LogP contribution in [0.15, 0.2) is 88.6 Å². The molecule has 0 bridgehead atoms. The fourth-order valence-electron chi connectivity index (χ4n) is 4.14. The summed E-state index contributed by atoms with van der Waals surface area (Å²) < 4.78 is 31.0. The normalized spacial score (nSPS) is 13.1. The highest BCUT2D eigenvalue weighted by Crippen LogP contribution is 2.21. The summed E-state index contributed by atoms with van der Waals surface area (Å²) in [6.07, 6.45) is -0.0854. The van der Waals surface area contributed by atoms with Gasteiger partial charge in [0.05, 0.1) is 22.0 Å². The molecule has 0 fully saturated rings. The topological polar surface area (TPSA) is 105 Å². The number of nitrogens with zero attached hydrogens (tertiary/aromatic N) is 2. The highest BCUT2D eigenvalue weighted by molar-refractivity contribution is 7.92. The van der Waals surface area contributed by atoms with Crippen molar-refractivity contribution in [3.8, 4) is 0 Å². The molecule has 1 atom stereocenters. The Hall–Kier alpha value is -3.40. The number of benzene rings is 3. The third-order valence-electron chi connectivity index (χ3n) is 6.39. The maximum Gasteiger partial charge on any atom is 0.328 e. The molecule has 0 aliphatic carbocycles. The molecule has 0 saturated heterocycles. The predicted octanol–water partition coefficient (Wildman–Crippen LogP) is 3.63. The molecule has 0 aliphatic rings. The number of β-amino-alcohol motifs (C(OH)–C–C–N with tert-alkyl or cyclic N) is 1. The van der Waals surface area contributed by atoms with Crippen LogP contribution in [0.4, 0.5) is 5.69 Å². The zero-order valence-electron chi connectivity index (χ0n) is 20.7. The maximum absolute atomic E-state index is 12.7. The van der Waals surface area contributed by atoms with Gasteiger partial charge in [-0.1, -0.05) is 42.5 Å². The average Bonchev–Trinajstić information content (AvgIpc) is 3.11. The molecule has 0 aliphatic heterocycles. The van der Waals surface area contributed by atoms with E-state index in [9.17, 15) is 18.3 Å². The Morgan fingerprint density at radius 2 is 1.53 bits per heavy atom. The summed E-state index contributed by atoms with van der Waals surface area (Å²) in [4.78, 5) is 12.9. The quantitative estimate of drug-likeness (QED) is 0.303. The molecule has 4 aromatic rings. The van der Waals surface area contributed by atoms with Gasteiger partial charge >= 0.3 is 5.69 Å². The summed E-state index contributed by atoms with van der Waals surface area (Å²) in [5.41, 5.74) is 2.52. The lowest BCUT2D eigenvalue weighted by Gasteiger charge is -2.28. The van der Waals surface area contributed by atoms with Gasteiger partial charge in [0.25, 0.3) is 10.0 Å². The molecule has 3 aromatic carbocycles. The van der Waals surface area contributed by atoms with Crippen LogP contribution in [0, 0.1) is 0 Å². The van der Waals surface area contributed by atoms with Crippen LogP contribution in [-0.2, 0) is 23.6 Å². The van der Waals surface area contributed by atoms with Crippen LogP contribution in [0.1, 0.15) is 31.9 Å². The number of imidazole rings is 1. The smallest absolute Gasteiger partial charge is 0.328 e. The molecule has 4 rings (SSSR count). The summed E-state index contributed by atoms with van der Waals surface area (Å²) in [5.74, 6) is 0. The standard InChI is InChI=1S/C27H32N4O4S/c1-27(2,17-18-31-24-12-8-7-11-23(24)30(3)26(31)33)28-19-25(32)20-13-15-21(16-14-20)29-36(34,35)22-9-5-4-6-10-22/h4-16,25,28-29,32H,17-19H2,1-3H3. The first-order valence-electron chi connectivity index (χ1n) is 11.8. The second kappa shape index (κ2) is 10.3. The van der Waals surface area contributed by atoms with Crippen LogP contribution < -0.4 is 15.7 Å². The number of aliphatic hydroxyl groups is 1. The highest BCUT2D eigenvalue weighted by atomic mass is 32.2. The van der Waals surface area contributed by atoms with Gasteiger partial charge in [-0.05, 0) is 62.2 Å². The second-order valence-electron chi connectivity index (χ2n) is 9.55. The molecular formula is C27H32N4O4S. The Kier molecular flexibility index (Phi) is 7.35. The van der Waals surface area contributed by atoms with Crippen molar-refractivity contribution in [3.63, 3.8) is 0 Å². The van der Waals surface area contributed by atoms with E-state index in [4.69, 9.17) is 0 Å². The lowest BCUT2D eigenvalue weighted by atomic mass is 9.99. The van der Waals surface area contributed by atoms with Crippen LogP contribution >= 0.6 is 0 Å². The number of rotatable bonds is 10. The van der Waals surface area contributed by atoms with Gasteiger partial charge in [0.15, 0.2) is 0 Å². The molecule has 190 valence electrons. The van der Waals surface area contributed by atoms with E-state index in [2.05, 4.69) is 10.0 Å². The van der Waals surface area contributed by atoms with Gasteiger partial charge in [0.2, 0.25) is 0 Å².